The number of ether oxygens (including phenoxy) is 1. The number of benzene rings is 1. The largest absolute Gasteiger partial charge is 0.487 e. The zero-order chi connectivity index (χ0) is 11.2. The predicted molar refractivity (Wildman–Crippen MR) is 62.8 cm³/mol. The van der Waals surface area contributed by atoms with E-state index in [0.717, 1.165) is 28.5 Å². The highest BCUT2D eigenvalue weighted by Crippen LogP contribution is 2.36. The normalized spacial score (nSPS) is 12.9. The van der Waals surface area contributed by atoms with E-state index in [9.17, 15) is 0 Å². The van der Waals surface area contributed by atoms with Gasteiger partial charge in [0.25, 0.3) is 0 Å². The Morgan fingerprint density at radius 2 is 2.12 bits per heavy atom. The van der Waals surface area contributed by atoms with Crippen molar-refractivity contribution in [1.82, 2.24) is 14.4 Å². The Morgan fingerprint density at radius 1 is 1.18 bits per heavy atom. The number of rotatable bonds is 0. The van der Waals surface area contributed by atoms with Gasteiger partial charge in [0, 0.05) is 18.0 Å². The highest BCUT2D eigenvalue weighted by atomic mass is 16.5. The maximum absolute atomic E-state index is 5.73. The van der Waals surface area contributed by atoms with Crippen LogP contribution in [0.3, 0.4) is 0 Å². The van der Waals surface area contributed by atoms with Crippen molar-refractivity contribution in [2.45, 2.75) is 6.61 Å². The zero-order valence-corrected chi connectivity index (χ0v) is 9.00. The van der Waals surface area contributed by atoms with Crippen molar-refractivity contribution in [1.29, 1.82) is 0 Å². The van der Waals surface area contributed by atoms with Gasteiger partial charge < -0.3 is 4.74 Å². The summed E-state index contributed by atoms with van der Waals surface area (Å²) in [5.74, 6) is 1.61. The molecular formula is C13H9N3O. The quantitative estimate of drug-likeness (QED) is 0.587. The van der Waals surface area contributed by atoms with Gasteiger partial charge in [-0.15, -0.1) is 0 Å². The molecule has 17 heavy (non-hydrogen) atoms. The number of hydrogen-bond donors (Lipinski definition) is 0. The summed E-state index contributed by atoms with van der Waals surface area (Å²) < 4.78 is 7.71. The van der Waals surface area contributed by atoms with E-state index in [1.54, 1.807) is 6.20 Å². The van der Waals surface area contributed by atoms with Crippen molar-refractivity contribution in [2.75, 3.05) is 0 Å². The Bertz CT molecular complexity index is 718. The third-order valence-electron chi connectivity index (χ3n) is 3.01. The monoisotopic (exact) mass is 223 g/mol. The topological polar surface area (TPSA) is 39.4 Å². The van der Waals surface area contributed by atoms with Crippen LogP contribution in [0.4, 0.5) is 0 Å². The first-order valence-corrected chi connectivity index (χ1v) is 5.47. The second-order valence-electron chi connectivity index (χ2n) is 3.98. The van der Waals surface area contributed by atoms with E-state index in [2.05, 4.69) is 9.97 Å². The summed E-state index contributed by atoms with van der Waals surface area (Å²) in [7, 11) is 0. The molecule has 0 saturated heterocycles. The van der Waals surface area contributed by atoms with Crippen LogP contribution in [0.2, 0.25) is 0 Å². The van der Waals surface area contributed by atoms with Crippen LogP contribution >= 0.6 is 0 Å². The second-order valence-corrected chi connectivity index (χ2v) is 3.98. The van der Waals surface area contributed by atoms with Crippen molar-refractivity contribution >= 4 is 5.78 Å². The molecular weight excluding hydrogens is 214 g/mol. The fourth-order valence-electron chi connectivity index (χ4n) is 2.22. The van der Waals surface area contributed by atoms with E-state index in [1.807, 2.05) is 40.9 Å². The van der Waals surface area contributed by atoms with Crippen LogP contribution < -0.4 is 4.74 Å². The third-order valence-corrected chi connectivity index (χ3v) is 3.01. The first-order chi connectivity index (χ1) is 8.43. The molecule has 3 aromatic rings. The summed E-state index contributed by atoms with van der Waals surface area (Å²) >= 11 is 0. The third kappa shape index (κ3) is 1.12. The molecule has 0 spiro atoms. The van der Waals surface area contributed by atoms with Crippen LogP contribution in [0.5, 0.6) is 5.75 Å². The standard InChI is InChI=1S/C13H9N3O/c1-2-5-11-9(4-1)12-10(8-17-11)16-7-3-6-14-13(16)15-12/h1-7H,8H2. The van der Waals surface area contributed by atoms with Crippen molar-refractivity contribution in [3.05, 3.63) is 48.4 Å². The minimum Gasteiger partial charge on any atom is -0.487 e. The molecule has 4 heteroatoms. The van der Waals surface area contributed by atoms with Crippen molar-refractivity contribution in [3.8, 4) is 17.0 Å². The molecule has 82 valence electrons. The van der Waals surface area contributed by atoms with Gasteiger partial charge in [0.2, 0.25) is 5.78 Å². The Labute approximate surface area is 97.5 Å². The lowest BCUT2D eigenvalue weighted by atomic mass is 10.1. The number of fused-ring (bicyclic) bond motifs is 5. The molecule has 0 aliphatic carbocycles. The van der Waals surface area contributed by atoms with Gasteiger partial charge in [0.05, 0.1) is 5.69 Å². The number of nitrogens with zero attached hydrogens (tertiary/aromatic N) is 3. The molecule has 2 aromatic heterocycles. The second kappa shape index (κ2) is 3.07. The molecule has 0 unspecified atom stereocenters. The molecule has 1 aliphatic heterocycles. The van der Waals surface area contributed by atoms with Crippen LogP contribution in [0, 0.1) is 0 Å². The molecule has 0 saturated carbocycles. The van der Waals surface area contributed by atoms with Gasteiger partial charge in [0.1, 0.15) is 18.1 Å². The van der Waals surface area contributed by atoms with E-state index in [4.69, 9.17) is 4.74 Å². The lowest BCUT2D eigenvalue weighted by molar-refractivity contribution is 0.296. The van der Waals surface area contributed by atoms with Crippen LogP contribution in [0.1, 0.15) is 5.69 Å². The molecule has 0 atom stereocenters. The lowest BCUT2D eigenvalue weighted by Gasteiger charge is -2.16. The van der Waals surface area contributed by atoms with Gasteiger partial charge in [-0.05, 0) is 18.2 Å². The fourth-order valence-corrected chi connectivity index (χ4v) is 2.22. The molecule has 0 radical (unpaired) electrons. The van der Waals surface area contributed by atoms with Gasteiger partial charge in [-0.25, -0.2) is 9.97 Å². The Kier molecular flexibility index (Phi) is 1.58. The van der Waals surface area contributed by atoms with Crippen LogP contribution in [0.15, 0.2) is 42.7 Å². The number of hydrogen-bond acceptors (Lipinski definition) is 3. The maximum Gasteiger partial charge on any atom is 0.234 e. The summed E-state index contributed by atoms with van der Waals surface area (Å²) in [5, 5.41) is 0. The molecule has 0 N–H and O–H groups in total. The van der Waals surface area contributed by atoms with E-state index in [1.165, 1.54) is 0 Å². The van der Waals surface area contributed by atoms with E-state index < -0.39 is 0 Å². The minimum atomic E-state index is 0.541. The molecule has 4 nitrogen and oxygen atoms in total. The van der Waals surface area contributed by atoms with Crippen LogP contribution in [-0.4, -0.2) is 14.4 Å². The first-order valence-electron chi connectivity index (χ1n) is 5.47. The average molecular weight is 223 g/mol. The van der Waals surface area contributed by atoms with E-state index in [-0.39, 0.29) is 0 Å². The summed E-state index contributed by atoms with van der Waals surface area (Å²) in [6.45, 7) is 0.541. The maximum atomic E-state index is 5.73. The SMILES string of the molecule is c1ccc2c(c1)OCc1c-2nc2ncccn12. The molecule has 1 aromatic carbocycles. The van der Waals surface area contributed by atoms with Crippen molar-refractivity contribution in [3.63, 3.8) is 0 Å². The molecule has 4 rings (SSSR count). The number of aromatic nitrogens is 3. The molecule has 1 aliphatic rings. The smallest absolute Gasteiger partial charge is 0.234 e. The Hall–Kier alpha value is -2.36. The number of para-hydroxylation sites is 1. The van der Waals surface area contributed by atoms with Gasteiger partial charge in [-0.2, -0.15) is 0 Å². The van der Waals surface area contributed by atoms with Gasteiger partial charge in [0.15, 0.2) is 0 Å². The highest BCUT2D eigenvalue weighted by molar-refractivity contribution is 5.72. The van der Waals surface area contributed by atoms with E-state index in [0.29, 0.717) is 6.61 Å². The molecule has 3 heterocycles. The average Bonchev–Trinajstić information content (AvgIpc) is 2.78. The summed E-state index contributed by atoms with van der Waals surface area (Å²) in [4.78, 5) is 8.82. The van der Waals surface area contributed by atoms with Crippen LogP contribution in [-0.2, 0) is 6.61 Å². The first kappa shape index (κ1) is 8.75. The summed E-state index contributed by atoms with van der Waals surface area (Å²) in [6.07, 6.45) is 3.71. The lowest BCUT2D eigenvalue weighted by Crippen LogP contribution is -2.06. The van der Waals surface area contributed by atoms with Crippen molar-refractivity contribution in [2.24, 2.45) is 0 Å². The molecule has 0 amide bonds. The van der Waals surface area contributed by atoms with Gasteiger partial charge in [-0.3, -0.25) is 4.40 Å². The van der Waals surface area contributed by atoms with Gasteiger partial charge in [-0.1, -0.05) is 12.1 Å². The Morgan fingerprint density at radius 3 is 3.12 bits per heavy atom. The summed E-state index contributed by atoms with van der Waals surface area (Å²) in [6, 6.07) is 9.86. The highest BCUT2D eigenvalue weighted by Gasteiger charge is 2.22. The molecule has 0 fully saturated rings. The summed E-state index contributed by atoms with van der Waals surface area (Å²) in [5.41, 5.74) is 3.08. The van der Waals surface area contributed by atoms with E-state index >= 15 is 0 Å². The zero-order valence-electron chi connectivity index (χ0n) is 9.00. The van der Waals surface area contributed by atoms with Gasteiger partial charge >= 0.3 is 0 Å². The van der Waals surface area contributed by atoms with Crippen LogP contribution in [0.25, 0.3) is 17.0 Å². The number of imidazole rings is 1. The molecule has 0 bridgehead atoms. The fraction of sp³-hybridized carbons (Fsp3) is 0.0769. The Balaban J connectivity index is 2.10. The van der Waals surface area contributed by atoms with Crippen molar-refractivity contribution < 1.29 is 4.74 Å². The minimum absolute atomic E-state index is 0.541. The predicted octanol–water partition coefficient (Wildman–Crippen LogP) is 2.29.